The maximum atomic E-state index is 13.4. The van der Waals surface area contributed by atoms with E-state index in [4.69, 9.17) is 11.6 Å². The average molecular weight is 416 g/mol. The molecular weight excluding hydrogens is 394 g/mol. The van der Waals surface area contributed by atoms with E-state index in [1.807, 2.05) is 39.0 Å². The zero-order valence-corrected chi connectivity index (χ0v) is 17.8. The Bertz CT molecular complexity index is 1110. The molecule has 0 radical (unpaired) electrons. The first-order valence-corrected chi connectivity index (χ1v) is 10.3. The van der Waals surface area contributed by atoms with Gasteiger partial charge < -0.3 is 5.32 Å². The summed E-state index contributed by atoms with van der Waals surface area (Å²) < 4.78 is 1.60. The van der Waals surface area contributed by atoms with Crippen LogP contribution in [-0.2, 0) is 4.79 Å². The fraction of sp³-hybridized carbons (Fsp3) is 0.286. The van der Waals surface area contributed by atoms with Crippen LogP contribution in [0, 0.1) is 13.8 Å². The number of nitrogens with zero attached hydrogens (tertiary/aromatic N) is 2. The molecule has 7 heteroatoms. The highest BCUT2D eigenvalue weighted by molar-refractivity contribution is 8.00. The number of nitrogens with one attached hydrogen (secondary N) is 1. The number of benzene rings is 2. The van der Waals surface area contributed by atoms with Crippen molar-refractivity contribution in [3.05, 3.63) is 62.9 Å². The molecule has 0 unspecified atom stereocenters. The van der Waals surface area contributed by atoms with Crippen molar-refractivity contribution in [1.82, 2.24) is 14.9 Å². The van der Waals surface area contributed by atoms with Crippen LogP contribution in [0.2, 0.25) is 5.02 Å². The second kappa shape index (κ2) is 8.37. The van der Waals surface area contributed by atoms with Gasteiger partial charge in [-0.25, -0.2) is 4.98 Å². The van der Waals surface area contributed by atoms with E-state index in [9.17, 15) is 9.59 Å². The third kappa shape index (κ3) is 3.93. The van der Waals surface area contributed by atoms with E-state index in [0.717, 1.165) is 16.8 Å². The molecule has 0 aliphatic carbocycles. The molecule has 2 aromatic carbocycles. The second-order valence-electron chi connectivity index (χ2n) is 6.57. The van der Waals surface area contributed by atoms with E-state index in [2.05, 4.69) is 10.3 Å². The summed E-state index contributed by atoms with van der Waals surface area (Å²) in [4.78, 5) is 30.3. The number of carbonyl (C=O) groups excluding carboxylic acids is 1. The van der Waals surface area contributed by atoms with Gasteiger partial charge in [0.1, 0.15) is 0 Å². The summed E-state index contributed by atoms with van der Waals surface area (Å²) >= 11 is 7.36. The Hall–Kier alpha value is -2.31. The minimum atomic E-state index is -0.403. The van der Waals surface area contributed by atoms with Gasteiger partial charge in [-0.3, -0.25) is 14.2 Å². The number of rotatable bonds is 5. The number of halogens is 1. The summed E-state index contributed by atoms with van der Waals surface area (Å²) in [7, 11) is 0. The van der Waals surface area contributed by atoms with Gasteiger partial charge in [-0.05, 0) is 63.1 Å². The Labute approximate surface area is 173 Å². The van der Waals surface area contributed by atoms with Crippen LogP contribution >= 0.6 is 23.4 Å². The van der Waals surface area contributed by atoms with Crippen molar-refractivity contribution in [3.8, 4) is 5.69 Å². The maximum Gasteiger partial charge on any atom is 0.266 e. The van der Waals surface area contributed by atoms with Crippen LogP contribution in [0.4, 0.5) is 0 Å². The molecule has 0 spiro atoms. The summed E-state index contributed by atoms with van der Waals surface area (Å²) in [5, 5.41) is 3.87. The molecule has 0 bridgehead atoms. The molecular formula is C21H22ClN3O2S. The molecule has 3 rings (SSSR count). The third-order valence-corrected chi connectivity index (χ3v) is 5.91. The van der Waals surface area contributed by atoms with E-state index in [-0.39, 0.29) is 11.5 Å². The van der Waals surface area contributed by atoms with Gasteiger partial charge in [0.25, 0.3) is 5.56 Å². The minimum Gasteiger partial charge on any atom is -0.355 e. The van der Waals surface area contributed by atoms with Crippen molar-refractivity contribution in [2.24, 2.45) is 0 Å². The number of aryl methyl sites for hydroxylation is 1. The predicted octanol–water partition coefficient (Wildman–Crippen LogP) is 4.27. The first-order valence-electron chi connectivity index (χ1n) is 9.06. The van der Waals surface area contributed by atoms with E-state index in [1.165, 1.54) is 11.8 Å². The molecule has 1 N–H and O–H groups in total. The summed E-state index contributed by atoms with van der Waals surface area (Å²) in [5.41, 5.74) is 3.17. The van der Waals surface area contributed by atoms with Gasteiger partial charge >= 0.3 is 0 Å². The molecule has 0 fully saturated rings. The van der Waals surface area contributed by atoms with E-state index in [1.54, 1.807) is 29.7 Å². The molecule has 0 saturated carbocycles. The lowest BCUT2D eigenvalue weighted by Gasteiger charge is -2.18. The molecule has 0 saturated heterocycles. The molecule has 1 heterocycles. The second-order valence-corrected chi connectivity index (χ2v) is 8.31. The van der Waals surface area contributed by atoms with Gasteiger partial charge in [-0.15, -0.1) is 0 Å². The van der Waals surface area contributed by atoms with Gasteiger partial charge in [-0.1, -0.05) is 35.5 Å². The molecule has 146 valence electrons. The summed E-state index contributed by atoms with van der Waals surface area (Å²) in [6.45, 7) is 8.20. The van der Waals surface area contributed by atoms with Gasteiger partial charge in [0.05, 0.1) is 21.8 Å². The predicted molar refractivity (Wildman–Crippen MR) is 116 cm³/mol. The first kappa shape index (κ1) is 20.4. The van der Waals surface area contributed by atoms with E-state index in [0.29, 0.717) is 27.6 Å². The summed E-state index contributed by atoms with van der Waals surface area (Å²) in [6.07, 6.45) is 0. The molecule has 0 aliphatic heterocycles. The first-order chi connectivity index (χ1) is 13.3. The lowest BCUT2D eigenvalue weighted by atomic mass is 10.1. The van der Waals surface area contributed by atoms with Crippen molar-refractivity contribution in [2.45, 2.75) is 38.1 Å². The highest BCUT2D eigenvalue weighted by atomic mass is 35.5. The normalized spacial score (nSPS) is 12.2. The Balaban J connectivity index is 2.26. The Morgan fingerprint density at radius 3 is 2.75 bits per heavy atom. The lowest BCUT2D eigenvalue weighted by Crippen LogP contribution is -2.31. The Morgan fingerprint density at radius 2 is 2.04 bits per heavy atom. The smallest absolute Gasteiger partial charge is 0.266 e. The number of amides is 1. The Morgan fingerprint density at radius 1 is 1.29 bits per heavy atom. The van der Waals surface area contributed by atoms with Crippen LogP contribution in [0.25, 0.3) is 16.6 Å². The zero-order chi connectivity index (χ0) is 20.4. The molecule has 1 amide bonds. The average Bonchev–Trinajstić information content (AvgIpc) is 2.65. The largest absolute Gasteiger partial charge is 0.355 e. The number of hydrogen-bond donors (Lipinski definition) is 1. The van der Waals surface area contributed by atoms with Crippen molar-refractivity contribution in [2.75, 3.05) is 6.54 Å². The molecule has 5 nitrogen and oxygen atoms in total. The number of carbonyl (C=O) groups is 1. The standard InChI is InChI=1S/C21H22ClN3O2S/c1-5-23-19(26)14(4)28-21-24-17-11-15(22)9-10-16(17)20(27)25(21)18-8-6-7-12(2)13(18)3/h6-11,14H,5H2,1-4H3,(H,23,26)/t14-/m0/s1. The molecule has 0 aliphatic rings. The van der Waals surface area contributed by atoms with Crippen LogP contribution in [0.15, 0.2) is 46.3 Å². The lowest BCUT2D eigenvalue weighted by molar-refractivity contribution is -0.120. The molecule has 3 aromatic rings. The van der Waals surface area contributed by atoms with E-state index < -0.39 is 5.25 Å². The number of fused-ring (bicyclic) bond motifs is 1. The van der Waals surface area contributed by atoms with Crippen molar-refractivity contribution in [3.63, 3.8) is 0 Å². The van der Waals surface area contributed by atoms with Gasteiger partial charge in [0.2, 0.25) is 5.91 Å². The topological polar surface area (TPSA) is 64.0 Å². The quantitative estimate of drug-likeness (QED) is 0.499. The SMILES string of the molecule is CCNC(=O)[C@H](C)Sc1nc2cc(Cl)ccc2c(=O)n1-c1cccc(C)c1C. The summed E-state index contributed by atoms with van der Waals surface area (Å²) in [6, 6.07) is 10.9. The van der Waals surface area contributed by atoms with Crippen LogP contribution in [0.1, 0.15) is 25.0 Å². The monoisotopic (exact) mass is 415 g/mol. The Kier molecular flexibility index (Phi) is 6.10. The summed E-state index contributed by atoms with van der Waals surface area (Å²) in [5.74, 6) is -0.0968. The van der Waals surface area contributed by atoms with Crippen LogP contribution < -0.4 is 10.9 Å². The van der Waals surface area contributed by atoms with Crippen molar-refractivity contribution in [1.29, 1.82) is 0 Å². The van der Waals surface area contributed by atoms with Crippen LogP contribution in [-0.4, -0.2) is 27.3 Å². The van der Waals surface area contributed by atoms with E-state index >= 15 is 0 Å². The molecule has 28 heavy (non-hydrogen) atoms. The van der Waals surface area contributed by atoms with Crippen molar-refractivity contribution >= 4 is 40.2 Å². The highest BCUT2D eigenvalue weighted by Crippen LogP contribution is 2.28. The van der Waals surface area contributed by atoms with Crippen molar-refractivity contribution < 1.29 is 4.79 Å². The van der Waals surface area contributed by atoms with Gasteiger partial charge in [0.15, 0.2) is 5.16 Å². The van der Waals surface area contributed by atoms with Crippen LogP contribution in [0.5, 0.6) is 0 Å². The fourth-order valence-corrected chi connectivity index (χ4v) is 4.05. The zero-order valence-electron chi connectivity index (χ0n) is 16.2. The molecule has 1 aromatic heterocycles. The maximum absolute atomic E-state index is 13.4. The number of thioether (sulfide) groups is 1. The van der Waals surface area contributed by atoms with Crippen LogP contribution in [0.3, 0.4) is 0 Å². The minimum absolute atomic E-state index is 0.0968. The number of aromatic nitrogens is 2. The highest BCUT2D eigenvalue weighted by Gasteiger charge is 2.21. The number of hydrogen-bond acceptors (Lipinski definition) is 4. The van der Waals surface area contributed by atoms with Gasteiger partial charge in [0, 0.05) is 11.6 Å². The third-order valence-electron chi connectivity index (χ3n) is 4.62. The molecule has 1 atom stereocenters. The fourth-order valence-electron chi connectivity index (χ4n) is 2.94. The van der Waals surface area contributed by atoms with Gasteiger partial charge in [-0.2, -0.15) is 0 Å².